The zero-order valence-electron chi connectivity index (χ0n) is 11.6. The molecule has 0 radical (unpaired) electrons. The third-order valence-corrected chi connectivity index (χ3v) is 4.21. The lowest BCUT2D eigenvalue weighted by Gasteiger charge is -2.14. The Morgan fingerprint density at radius 1 is 0.952 bits per heavy atom. The van der Waals surface area contributed by atoms with Gasteiger partial charge in [0.15, 0.2) is 0 Å². The molecule has 110 valence electrons. The highest BCUT2D eigenvalue weighted by Gasteiger charge is 2.33. The van der Waals surface area contributed by atoms with Gasteiger partial charge in [0.25, 0.3) is 0 Å². The minimum atomic E-state index is -4.28. The quantitative estimate of drug-likeness (QED) is 0.859. The minimum Gasteiger partial charge on any atom is -0.313 e. The molecule has 4 heteroatoms. The van der Waals surface area contributed by atoms with E-state index in [1.807, 2.05) is 19.2 Å². The largest absolute Gasteiger partial charge is 0.416 e. The lowest BCUT2D eigenvalue weighted by atomic mass is 9.92. The maximum absolute atomic E-state index is 12.6. The molecule has 0 saturated heterocycles. The van der Waals surface area contributed by atoms with E-state index < -0.39 is 11.7 Å². The fraction of sp³-hybridized carbons (Fsp3) is 0.294. The van der Waals surface area contributed by atoms with Gasteiger partial charge in [-0.05, 0) is 42.3 Å². The lowest BCUT2D eigenvalue weighted by molar-refractivity contribution is -0.137. The van der Waals surface area contributed by atoms with Crippen LogP contribution in [-0.4, -0.2) is 7.05 Å². The second-order valence-electron chi connectivity index (χ2n) is 5.38. The Balaban J connectivity index is 1.95. The first kappa shape index (κ1) is 14.1. The number of benzene rings is 2. The van der Waals surface area contributed by atoms with Crippen molar-refractivity contribution >= 4 is 0 Å². The summed E-state index contributed by atoms with van der Waals surface area (Å²) in [5, 5.41) is 3.28. The highest BCUT2D eigenvalue weighted by atomic mass is 19.4. The fourth-order valence-corrected chi connectivity index (χ4v) is 3.13. The molecule has 0 amide bonds. The van der Waals surface area contributed by atoms with Crippen LogP contribution in [0.25, 0.3) is 0 Å². The van der Waals surface area contributed by atoms with Gasteiger partial charge in [-0.25, -0.2) is 0 Å². The summed E-state index contributed by atoms with van der Waals surface area (Å²) in [5.41, 5.74) is 2.79. The van der Waals surface area contributed by atoms with Gasteiger partial charge < -0.3 is 5.32 Å². The molecule has 0 bridgehead atoms. The van der Waals surface area contributed by atoms with Crippen molar-refractivity contribution < 1.29 is 13.2 Å². The molecule has 0 fully saturated rings. The van der Waals surface area contributed by atoms with Crippen LogP contribution in [0.5, 0.6) is 0 Å². The van der Waals surface area contributed by atoms with Crippen molar-refractivity contribution in [1.29, 1.82) is 0 Å². The number of alkyl halides is 3. The van der Waals surface area contributed by atoms with Crippen molar-refractivity contribution in [2.24, 2.45) is 0 Å². The van der Waals surface area contributed by atoms with Crippen molar-refractivity contribution in [2.75, 3.05) is 7.05 Å². The van der Waals surface area contributed by atoms with Crippen molar-refractivity contribution in [3.05, 3.63) is 70.8 Å². The fourth-order valence-electron chi connectivity index (χ4n) is 3.13. The first-order chi connectivity index (χ1) is 10.0. The predicted molar refractivity (Wildman–Crippen MR) is 76.1 cm³/mol. The van der Waals surface area contributed by atoms with Gasteiger partial charge in [-0.15, -0.1) is 0 Å². The number of hydrogen-bond donors (Lipinski definition) is 1. The van der Waals surface area contributed by atoms with E-state index in [0.29, 0.717) is 0 Å². The van der Waals surface area contributed by atoms with E-state index in [-0.39, 0.29) is 12.0 Å². The topological polar surface area (TPSA) is 12.0 Å². The summed E-state index contributed by atoms with van der Waals surface area (Å²) in [5.74, 6) is 0.154. The zero-order chi connectivity index (χ0) is 15.0. The Labute approximate surface area is 121 Å². The Morgan fingerprint density at radius 2 is 1.57 bits per heavy atom. The maximum atomic E-state index is 12.6. The van der Waals surface area contributed by atoms with Gasteiger partial charge in [-0.3, -0.25) is 0 Å². The minimum absolute atomic E-state index is 0.154. The van der Waals surface area contributed by atoms with Crippen molar-refractivity contribution in [3.8, 4) is 0 Å². The summed E-state index contributed by atoms with van der Waals surface area (Å²) >= 11 is 0. The van der Waals surface area contributed by atoms with E-state index in [4.69, 9.17) is 0 Å². The maximum Gasteiger partial charge on any atom is 0.416 e. The van der Waals surface area contributed by atoms with E-state index in [1.165, 1.54) is 23.3 Å². The summed E-state index contributed by atoms with van der Waals surface area (Å²) < 4.78 is 37.9. The molecule has 1 aliphatic carbocycles. The van der Waals surface area contributed by atoms with Crippen LogP contribution in [0.2, 0.25) is 0 Å². The smallest absolute Gasteiger partial charge is 0.313 e. The van der Waals surface area contributed by atoms with Gasteiger partial charge in [0, 0.05) is 12.0 Å². The van der Waals surface area contributed by atoms with E-state index in [2.05, 4.69) is 17.4 Å². The molecular formula is C17H16F3N. The SMILES string of the molecule is CN[C@@H]1C[C@@H](c2ccc(C(F)(F)F)cc2)c2ccccc21. The van der Waals surface area contributed by atoms with Crippen LogP contribution in [0.15, 0.2) is 48.5 Å². The molecule has 0 heterocycles. The molecule has 1 N–H and O–H groups in total. The molecular weight excluding hydrogens is 275 g/mol. The van der Waals surface area contributed by atoms with Gasteiger partial charge in [0.1, 0.15) is 0 Å². The van der Waals surface area contributed by atoms with Crippen LogP contribution in [0.3, 0.4) is 0 Å². The molecule has 2 atom stereocenters. The molecule has 1 aliphatic rings. The third-order valence-electron chi connectivity index (χ3n) is 4.21. The lowest BCUT2D eigenvalue weighted by Crippen LogP contribution is -2.13. The molecule has 0 unspecified atom stereocenters. The first-order valence-corrected chi connectivity index (χ1v) is 6.94. The normalized spacial score (nSPS) is 21.3. The first-order valence-electron chi connectivity index (χ1n) is 6.94. The standard InChI is InChI=1S/C17H16F3N/c1-21-16-10-15(13-4-2-3-5-14(13)16)11-6-8-12(9-7-11)17(18,19)20/h2-9,15-16,21H,10H2,1H3/t15-,16+/m0/s1. The Hall–Kier alpha value is -1.81. The third kappa shape index (κ3) is 2.56. The van der Waals surface area contributed by atoms with Crippen LogP contribution < -0.4 is 5.32 Å². The van der Waals surface area contributed by atoms with Crippen molar-refractivity contribution in [2.45, 2.75) is 24.6 Å². The van der Waals surface area contributed by atoms with Gasteiger partial charge in [-0.1, -0.05) is 36.4 Å². The molecule has 0 spiro atoms. The summed E-state index contributed by atoms with van der Waals surface area (Å²) in [6.45, 7) is 0. The Morgan fingerprint density at radius 3 is 2.14 bits per heavy atom. The van der Waals surface area contributed by atoms with Crippen LogP contribution in [0, 0.1) is 0 Å². The van der Waals surface area contributed by atoms with E-state index in [1.54, 1.807) is 12.1 Å². The summed E-state index contributed by atoms with van der Waals surface area (Å²) in [4.78, 5) is 0. The molecule has 0 aliphatic heterocycles. The summed E-state index contributed by atoms with van der Waals surface area (Å²) in [6.07, 6.45) is -3.40. The zero-order valence-corrected chi connectivity index (χ0v) is 11.6. The van der Waals surface area contributed by atoms with Gasteiger partial charge in [0.05, 0.1) is 5.56 Å². The molecule has 2 aromatic rings. The summed E-state index contributed by atoms with van der Waals surface area (Å²) in [7, 11) is 1.91. The van der Waals surface area contributed by atoms with E-state index in [9.17, 15) is 13.2 Å². The number of halogens is 3. The second kappa shape index (κ2) is 5.19. The van der Waals surface area contributed by atoms with Crippen molar-refractivity contribution in [3.63, 3.8) is 0 Å². The second-order valence-corrected chi connectivity index (χ2v) is 5.38. The van der Waals surface area contributed by atoms with E-state index in [0.717, 1.165) is 12.0 Å². The molecule has 0 saturated carbocycles. The van der Waals surface area contributed by atoms with Crippen LogP contribution in [0.4, 0.5) is 13.2 Å². The number of nitrogens with one attached hydrogen (secondary N) is 1. The van der Waals surface area contributed by atoms with Crippen LogP contribution in [0.1, 0.15) is 40.6 Å². The van der Waals surface area contributed by atoms with Gasteiger partial charge in [-0.2, -0.15) is 13.2 Å². The monoisotopic (exact) mass is 291 g/mol. The van der Waals surface area contributed by atoms with Crippen molar-refractivity contribution in [1.82, 2.24) is 5.32 Å². The highest BCUT2D eigenvalue weighted by Crippen LogP contribution is 2.44. The van der Waals surface area contributed by atoms with Crippen LogP contribution in [-0.2, 0) is 6.18 Å². The number of rotatable bonds is 2. The Kier molecular flexibility index (Phi) is 3.49. The summed E-state index contributed by atoms with van der Waals surface area (Å²) in [6, 6.07) is 13.9. The van der Waals surface area contributed by atoms with E-state index >= 15 is 0 Å². The molecule has 2 aromatic carbocycles. The average molecular weight is 291 g/mol. The van der Waals surface area contributed by atoms with Gasteiger partial charge >= 0.3 is 6.18 Å². The molecule has 0 aromatic heterocycles. The molecule has 21 heavy (non-hydrogen) atoms. The average Bonchev–Trinajstić information content (AvgIpc) is 2.85. The molecule has 1 nitrogen and oxygen atoms in total. The number of fused-ring (bicyclic) bond motifs is 1. The highest BCUT2D eigenvalue weighted by molar-refractivity contribution is 5.45. The molecule has 3 rings (SSSR count). The van der Waals surface area contributed by atoms with Gasteiger partial charge in [0.2, 0.25) is 0 Å². The Bertz CT molecular complexity index is 631. The predicted octanol–water partition coefficient (Wildman–Crippen LogP) is 4.50. The number of hydrogen-bond acceptors (Lipinski definition) is 1. The van der Waals surface area contributed by atoms with Crippen LogP contribution >= 0.6 is 0 Å².